The highest BCUT2D eigenvalue weighted by atomic mass is 19.1. The van der Waals surface area contributed by atoms with Crippen LogP contribution in [0.5, 0.6) is 0 Å². The zero-order valence-corrected chi connectivity index (χ0v) is 11.2. The predicted octanol–water partition coefficient (Wildman–Crippen LogP) is 2.73. The average molecular weight is 251 g/mol. The second-order valence-corrected chi connectivity index (χ2v) is 5.87. The second kappa shape index (κ2) is 5.37. The monoisotopic (exact) mass is 251 g/mol. The lowest BCUT2D eigenvalue weighted by atomic mass is 9.82. The largest absolute Gasteiger partial charge is 0.396 e. The Bertz CT molecular complexity index is 421. The van der Waals surface area contributed by atoms with Crippen LogP contribution in [0.3, 0.4) is 0 Å². The third-order valence-corrected chi connectivity index (χ3v) is 3.87. The number of rotatable bonds is 3. The van der Waals surface area contributed by atoms with Crippen LogP contribution in [0.4, 0.5) is 4.39 Å². The Morgan fingerprint density at radius 1 is 1.44 bits per heavy atom. The maximum absolute atomic E-state index is 13.2. The van der Waals surface area contributed by atoms with Crippen molar-refractivity contribution in [3.63, 3.8) is 0 Å². The molecule has 1 heterocycles. The molecule has 1 fully saturated rings. The number of piperidine rings is 1. The van der Waals surface area contributed by atoms with Crippen LogP contribution in [0, 0.1) is 18.2 Å². The van der Waals surface area contributed by atoms with E-state index in [1.165, 1.54) is 0 Å². The van der Waals surface area contributed by atoms with E-state index in [1.54, 1.807) is 13.0 Å². The van der Waals surface area contributed by atoms with E-state index in [9.17, 15) is 9.50 Å². The molecule has 0 saturated carbocycles. The fraction of sp³-hybridized carbons (Fsp3) is 0.600. The highest BCUT2D eigenvalue weighted by molar-refractivity contribution is 5.23. The summed E-state index contributed by atoms with van der Waals surface area (Å²) >= 11 is 0. The van der Waals surface area contributed by atoms with Gasteiger partial charge in [0.1, 0.15) is 5.82 Å². The topological polar surface area (TPSA) is 23.5 Å². The SMILES string of the molecule is Cc1cc(CN2CCC[C@](C)(CO)C2)ccc1F. The minimum Gasteiger partial charge on any atom is -0.396 e. The van der Waals surface area contributed by atoms with Gasteiger partial charge in [-0.1, -0.05) is 19.1 Å². The molecular weight excluding hydrogens is 229 g/mol. The number of aryl methyl sites for hydroxylation is 1. The van der Waals surface area contributed by atoms with Gasteiger partial charge in [-0.25, -0.2) is 4.39 Å². The normalized spacial score (nSPS) is 25.3. The van der Waals surface area contributed by atoms with Gasteiger partial charge in [0.2, 0.25) is 0 Å². The number of aliphatic hydroxyl groups is 1. The van der Waals surface area contributed by atoms with Crippen LogP contribution in [-0.4, -0.2) is 29.7 Å². The minimum atomic E-state index is -0.141. The lowest BCUT2D eigenvalue weighted by Gasteiger charge is -2.39. The molecule has 1 aromatic carbocycles. The van der Waals surface area contributed by atoms with Gasteiger partial charge in [-0.05, 0) is 43.5 Å². The molecular formula is C15H22FNO. The third-order valence-electron chi connectivity index (χ3n) is 3.87. The first-order valence-corrected chi connectivity index (χ1v) is 6.61. The van der Waals surface area contributed by atoms with Crippen LogP contribution in [0.25, 0.3) is 0 Å². The Morgan fingerprint density at radius 2 is 2.22 bits per heavy atom. The summed E-state index contributed by atoms with van der Waals surface area (Å²) in [7, 11) is 0. The summed E-state index contributed by atoms with van der Waals surface area (Å²) in [5.41, 5.74) is 1.87. The fourth-order valence-electron chi connectivity index (χ4n) is 2.75. The zero-order chi connectivity index (χ0) is 13.2. The van der Waals surface area contributed by atoms with Crippen LogP contribution in [-0.2, 0) is 6.54 Å². The molecule has 0 bridgehead atoms. The molecule has 0 unspecified atom stereocenters. The molecule has 0 radical (unpaired) electrons. The summed E-state index contributed by atoms with van der Waals surface area (Å²) in [4.78, 5) is 2.35. The number of halogens is 1. The van der Waals surface area contributed by atoms with Gasteiger partial charge >= 0.3 is 0 Å². The van der Waals surface area contributed by atoms with E-state index in [1.807, 2.05) is 12.1 Å². The number of aliphatic hydroxyl groups excluding tert-OH is 1. The molecule has 1 aromatic rings. The zero-order valence-electron chi connectivity index (χ0n) is 11.2. The molecule has 1 aliphatic rings. The Morgan fingerprint density at radius 3 is 2.89 bits per heavy atom. The van der Waals surface area contributed by atoms with Gasteiger partial charge in [-0.2, -0.15) is 0 Å². The van der Waals surface area contributed by atoms with Crippen molar-refractivity contribution in [2.24, 2.45) is 5.41 Å². The Labute approximate surface area is 108 Å². The van der Waals surface area contributed by atoms with Gasteiger partial charge in [0, 0.05) is 25.1 Å². The molecule has 0 amide bonds. The molecule has 1 N–H and O–H groups in total. The number of likely N-dealkylation sites (tertiary alicyclic amines) is 1. The number of benzene rings is 1. The van der Waals surface area contributed by atoms with E-state index < -0.39 is 0 Å². The summed E-state index contributed by atoms with van der Waals surface area (Å²) in [6.45, 7) is 7.00. The van der Waals surface area contributed by atoms with E-state index in [-0.39, 0.29) is 17.8 Å². The molecule has 100 valence electrons. The van der Waals surface area contributed by atoms with Crippen molar-refractivity contribution in [3.8, 4) is 0 Å². The van der Waals surface area contributed by atoms with Crippen LogP contribution in [0.1, 0.15) is 30.9 Å². The van der Waals surface area contributed by atoms with E-state index >= 15 is 0 Å². The Hall–Kier alpha value is -0.930. The first-order valence-electron chi connectivity index (χ1n) is 6.61. The van der Waals surface area contributed by atoms with E-state index in [2.05, 4.69) is 11.8 Å². The second-order valence-electron chi connectivity index (χ2n) is 5.87. The number of nitrogens with zero attached hydrogens (tertiary/aromatic N) is 1. The first kappa shape index (κ1) is 13.5. The van der Waals surface area contributed by atoms with Crippen LogP contribution >= 0.6 is 0 Å². The van der Waals surface area contributed by atoms with Crippen molar-refractivity contribution in [2.75, 3.05) is 19.7 Å². The van der Waals surface area contributed by atoms with Gasteiger partial charge < -0.3 is 5.11 Å². The lowest BCUT2D eigenvalue weighted by molar-refractivity contribution is 0.0429. The molecule has 0 aromatic heterocycles. The summed E-state index contributed by atoms with van der Waals surface area (Å²) in [5.74, 6) is -0.141. The maximum Gasteiger partial charge on any atom is 0.126 e. The van der Waals surface area contributed by atoms with Gasteiger partial charge in [-0.3, -0.25) is 4.90 Å². The molecule has 1 atom stereocenters. The fourth-order valence-corrected chi connectivity index (χ4v) is 2.75. The smallest absolute Gasteiger partial charge is 0.126 e. The van der Waals surface area contributed by atoms with Crippen LogP contribution in [0.2, 0.25) is 0 Å². The van der Waals surface area contributed by atoms with Crippen LogP contribution in [0.15, 0.2) is 18.2 Å². The molecule has 0 aliphatic carbocycles. The molecule has 1 saturated heterocycles. The van der Waals surface area contributed by atoms with E-state index in [0.29, 0.717) is 5.56 Å². The van der Waals surface area contributed by atoms with Crippen molar-refractivity contribution < 1.29 is 9.50 Å². The molecule has 2 rings (SSSR count). The molecule has 3 heteroatoms. The van der Waals surface area contributed by atoms with Crippen molar-refractivity contribution in [2.45, 2.75) is 33.2 Å². The summed E-state index contributed by atoms with van der Waals surface area (Å²) < 4.78 is 13.2. The van der Waals surface area contributed by atoms with Crippen molar-refractivity contribution >= 4 is 0 Å². The summed E-state index contributed by atoms with van der Waals surface area (Å²) in [5, 5.41) is 9.44. The molecule has 2 nitrogen and oxygen atoms in total. The van der Waals surface area contributed by atoms with E-state index in [4.69, 9.17) is 0 Å². The standard InChI is InChI=1S/C15H22FNO/c1-12-8-13(4-5-14(12)16)9-17-7-3-6-15(2,10-17)11-18/h4-5,8,18H,3,6-7,9-11H2,1-2H3/t15-/m0/s1. The molecule has 0 spiro atoms. The lowest BCUT2D eigenvalue weighted by Crippen LogP contribution is -2.43. The predicted molar refractivity (Wildman–Crippen MR) is 70.8 cm³/mol. The number of hydrogen-bond donors (Lipinski definition) is 1. The van der Waals surface area contributed by atoms with Gasteiger partial charge in [-0.15, -0.1) is 0 Å². The van der Waals surface area contributed by atoms with E-state index in [0.717, 1.165) is 38.0 Å². The minimum absolute atomic E-state index is 0.0212. The van der Waals surface area contributed by atoms with Crippen molar-refractivity contribution in [1.29, 1.82) is 0 Å². The summed E-state index contributed by atoms with van der Waals surface area (Å²) in [6, 6.07) is 5.31. The van der Waals surface area contributed by atoms with Crippen LogP contribution < -0.4 is 0 Å². The van der Waals surface area contributed by atoms with Crippen molar-refractivity contribution in [1.82, 2.24) is 4.90 Å². The summed E-state index contributed by atoms with van der Waals surface area (Å²) in [6.07, 6.45) is 2.21. The quantitative estimate of drug-likeness (QED) is 0.893. The third kappa shape index (κ3) is 3.09. The first-order chi connectivity index (χ1) is 8.52. The average Bonchev–Trinajstić information content (AvgIpc) is 2.34. The van der Waals surface area contributed by atoms with Crippen molar-refractivity contribution in [3.05, 3.63) is 35.1 Å². The highest BCUT2D eigenvalue weighted by Crippen LogP contribution is 2.29. The Kier molecular flexibility index (Phi) is 4.03. The maximum atomic E-state index is 13.2. The van der Waals surface area contributed by atoms with Gasteiger partial charge in [0.05, 0.1) is 0 Å². The van der Waals surface area contributed by atoms with Gasteiger partial charge in [0.15, 0.2) is 0 Å². The van der Waals surface area contributed by atoms with Gasteiger partial charge in [0.25, 0.3) is 0 Å². The molecule has 1 aliphatic heterocycles. The number of hydrogen-bond acceptors (Lipinski definition) is 2. The molecule has 18 heavy (non-hydrogen) atoms. The highest BCUT2D eigenvalue weighted by Gasteiger charge is 2.30. The Balaban J connectivity index is 2.02.